The third-order valence-electron chi connectivity index (χ3n) is 11.8. The summed E-state index contributed by atoms with van der Waals surface area (Å²) < 4.78 is 23.4. The molecule has 0 aliphatic carbocycles. The summed E-state index contributed by atoms with van der Waals surface area (Å²) >= 11 is 0. The molecule has 3 atom stereocenters. The number of nitrogens with one attached hydrogen (secondary N) is 12. The second-order valence-corrected chi connectivity index (χ2v) is 22.3. The van der Waals surface area contributed by atoms with Gasteiger partial charge in [-0.25, -0.2) is 9.97 Å². The number of rotatable bonds is 43. The molecule has 2 rings (SSSR count). The lowest BCUT2D eigenvalue weighted by atomic mass is 10.0. The number of carbonyl (C=O) groups is 11. The lowest BCUT2D eigenvalue weighted by Crippen LogP contribution is -2.57. The molecule has 0 aromatic carbocycles. The van der Waals surface area contributed by atoms with Crippen molar-refractivity contribution in [3.63, 3.8) is 0 Å². The summed E-state index contributed by atoms with van der Waals surface area (Å²) in [6, 6.07) is -4.43. The average Bonchev–Trinajstić information content (AvgIpc) is 4.15. The number of nitrogens with zero attached hydrogens (tertiary/aromatic N) is 2. The van der Waals surface area contributed by atoms with Gasteiger partial charge >= 0.3 is 21.2 Å². The van der Waals surface area contributed by atoms with Gasteiger partial charge < -0.3 is 98.7 Å². The van der Waals surface area contributed by atoms with Crippen molar-refractivity contribution >= 4 is 80.2 Å². The number of carbonyl (C=O) groups excluding carboxylic acids is 10. The lowest BCUT2D eigenvalue weighted by Gasteiger charge is -2.29. The van der Waals surface area contributed by atoms with Gasteiger partial charge in [0.1, 0.15) is 18.1 Å². The number of aliphatic carboxylic acids is 1. The molecule has 0 radical (unpaired) electrons. The molecule has 36 heteroatoms. The molecule has 0 spiro atoms. The Bertz CT molecular complexity index is 2450. The van der Waals surface area contributed by atoms with Crippen molar-refractivity contribution < 1.29 is 91.7 Å². The van der Waals surface area contributed by atoms with Gasteiger partial charge in [0.05, 0.1) is 32.3 Å². The van der Waals surface area contributed by atoms with E-state index in [9.17, 15) is 91.7 Å². The molecule has 10 amide bonds. The minimum absolute atomic E-state index is 0.00728. The normalized spacial score (nSPS) is 12.6. The number of aliphatic hydroxyl groups is 1. The first-order valence-electron chi connectivity index (χ1n) is 25.7. The first-order valence-corrected chi connectivity index (χ1v) is 28.9. The highest BCUT2D eigenvalue weighted by atomic mass is 31.2. The van der Waals surface area contributed by atoms with E-state index < -0.39 is 130 Å². The van der Waals surface area contributed by atoms with E-state index in [2.05, 4.69) is 73.1 Å². The van der Waals surface area contributed by atoms with Crippen LogP contribution in [0.1, 0.15) is 101 Å². The highest BCUT2D eigenvalue weighted by Crippen LogP contribution is 2.69. The number of unbranched alkanes of at least 4 members (excludes halogenated alkanes) is 2. The number of nitrogens with two attached hydrogens (primary N) is 1. The first kappa shape index (κ1) is 69.9. The number of amides is 10. The van der Waals surface area contributed by atoms with Gasteiger partial charge in [-0.1, -0.05) is 0 Å². The minimum Gasteiger partial charge on any atom is -0.481 e. The predicted molar refractivity (Wildman–Crippen MR) is 282 cm³/mol. The molecule has 0 aliphatic rings. The smallest absolute Gasteiger partial charge is 0.369 e. The largest absolute Gasteiger partial charge is 0.481 e. The maximum Gasteiger partial charge on any atom is 0.369 e. The van der Waals surface area contributed by atoms with Gasteiger partial charge in [-0.05, 0) is 57.9 Å². The second-order valence-electron chi connectivity index (χ2n) is 18.3. The fraction of sp³-hybridized carbons (Fsp3) is 0.622. The molecule has 0 aliphatic heterocycles. The zero-order valence-corrected chi connectivity index (χ0v) is 46.2. The molecule has 3 unspecified atom stereocenters. The molecule has 81 heavy (non-hydrogen) atoms. The van der Waals surface area contributed by atoms with Crippen LogP contribution in [0.3, 0.4) is 0 Å². The SMILES string of the molecule is NC(=O)C(CCCCNC(=O)CNC(=O)CCC(=O)NCCc1cnc[nH]1)NC(=O)C(CCC(=O)O)NC(=O)C(CCCCNC(=O)CNC(=O)CCC(=O)NCCc1cnc[nH]1)NC(=O)CNCCCC(O)(P(=O)(O)O)P(=O)(O)O. The van der Waals surface area contributed by atoms with Crippen LogP contribution >= 0.6 is 15.2 Å². The summed E-state index contributed by atoms with van der Waals surface area (Å²) in [4.78, 5) is 189. The van der Waals surface area contributed by atoms with Crippen molar-refractivity contribution in [2.45, 2.75) is 126 Å². The Morgan fingerprint density at radius 1 is 0.506 bits per heavy atom. The summed E-state index contributed by atoms with van der Waals surface area (Å²) in [5, 5.41) is 40.8. The van der Waals surface area contributed by atoms with Crippen LogP contribution in [-0.4, -0.2) is 190 Å². The van der Waals surface area contributed by atoms with Crippen LogP contribution in [0.4, 0.5) is 0 Å². The number of aromatic nitrogens is 4. The van der Waals surface area contributed by atoms with E-state index >= 15 is 0 Å². The molecule has 0 saturated carbocycles. The van der Waals surface area contributed by atoms with E-state index in [1.807, 2.05) is 0 Å². The van der Waals surface area contributed by atoms with Crippen LogP contribution in [0.15, 0.2) is 25.0 Å². The molecule has 2 aromatic heterocycles. The third-order valence-corrected chi connectivity index (χ3v) is 15.6. The van der Waals surface area contributed by atoms with Gasteiger partial charge in [0, 0.05) is 101 Å². The van der Waals surface area contributed by atoms with Crippen molar-refractivity contribution in [3.8, 4) is 0 Å². The Hall–Kier alpha value is -7.19. The Morgan fingerprint density at radius 3 is 1.35 bits per heavy atom. The molecule has 0 fully saturated rings. The molecule has 454 valence electrons. The second kappa shape index (κ2) is 36.9. The zero-order valence-electron chi connectivity index (χ0n) is 44.4. The highest BCUT2D eigenvalue weighted by Gasteiger charge is 2.58. The topological polar surface area (TPSA) is 547 Å². The fourth-order valence-electron chi connectivity index (χ4n) is 7.20. The van der Waals surface area contributed by atoms with E-state index in [4.69, 9.17) is 5.73 Å². The molecular formula is C45H75N15O19P2. The molecule has 2 heterocycles. The van der Waals surface area contributed by atoms with E-state index in [0.717, 1.165) is 11.4 Å². The molecule has 34 nitrogen and oxygen atoms in total. The van der Waals surface area contributed by atoms with E-state index in [1.165, 1.54) is 12.7 Å². The van der Waals surface area contributed by atoms with Crippen molar-refractivity contribution in [2.24, 2.45) is 5.73 Å². The monoisotopic (exact) mass is 1190 g/mol. The van der Waals surface area contributed by atoms with Gasteiger partial charge in [0.15, 0.2) is 0 Å². The van der Waals surface area contributed by atoms with Crippen LogP contribution in [-0.2, 0) is 74.7 Å². The van der Waals surface area contributed by atoms with Crippen molar-refractivity contribution in [1.82, 2.24) is 73.1 Å². The number of hydrogen-bond acceptors (Lipinski definition) is 17. The summed E-state index contributed by atoms with van der Waals surface area (Å²) in [5.74, 6) is -8.26. The Morgan fingerprint density at radius 2 is 0.926 bits per heavy atom. The summed E-state index contributed by atoms with van der Waals surface area (Å²) in [6.07, 6.45) is 4.46. The lowest BCUT2D eigenvalue weighted by molar-refractivity contribution is -0.138. The number of hydrogen-bond donors (Lipinski definition) is 19. The number of aromatic amines is 2. The molecule has 2 aromatic rings. The molecule has 0 saturated heterocycles. The van der Waals surface area contributed by atoms with Crippen molar-refractivity contribution in [1.29, 1.82) is 0 Å². The molecule has 20 N–H and O–H groups in total. The van der Waals surface area contributed by atoms with Gasteiger partial charge in [-0.2, -0.15) is 0 Å². The number of imidazole rings is 2. The van der Waals surface area contributed by atoms with E-state index in [0.29, 0.717) is 25.9 Å². The Kier molecular flexibility index (Phi) is 31.9. The summed E-state index contributed by atoms with van der Waals surface area (Å²) in [5.41, 5.74) is 7.19. The Balaban J connectivity index is 1.96. The van der Waals surface area contributed by atoms with E-state index in [-0.39, 0.29) is 102 Å². The summed E-state index contributed by atoms with van der Waals surface area (Å²) in [7, 11) is -11.5. The number of carboxylic acid groups (broad SMARTS) is 1. The van der Waals surface area contributed by atoms with Gasteiger partial charge in [-0.3, -0.25) is 61.9 Å². The van der Waals surface area contributed by atoms with Crippen LogP contribution in [0, 0.1) is 0 Å². The summed E-state index contributed by atoms with van der Waals surface area (Å²) in [6.45, 7) is -1.01. The standard InChI is InChI=1S/C45H75N15O19P2/c46-42(70)31(6-1-3-18-50-38(65)25-54-36(63)11-9-34(61)52-20-14-29-22-48-27-56-29)59-44(72)33(8-13-41(68)69)60-43(71)32(58-40(67)24-47-17-5-16-45(73,80(74,75)76)81(77,78)79)7-2-4-19-51-39(66)26-55-37(64)12-10-35(62)53-21-15-30-23-49-28-57-30/h22-23,27-28,31-33,47,73H,1-21,24-26H2,(H2,46,70)(H,48,56)(H,49,57)(H,50,65)(H,51,66)(H,52,61)(H,53,62)(H,54,63)(H,55,64)(H,58,67)(H,59,72)(H,60,71)(H,68,69)(H2,74,75,76)(H2,77,78,79). The quantitative estimate of drug-likeness (QED) is 0.0218. The van der Waals surface area contributed by atoms with Crippen LogP contribution < -0.4 is 58.9 Å². The van der Waals surface area contributed by atoms with Crippen LogP contribution in [0.25, 0.3) is 0 Å². The van der Waals surface area contributed by atoms with Crippen LogP contribution in [0.5, 0.6) is 0 Å². The maximum atomic E-state index is 13.8. The first-order chi connectivity index (χ1) is 38.2. The third kappa shape index (κ3) is 29.7. The van der Waals surface area contributed by atoms with Gasteiger partial charge in [0.2, 0.25) is 59.1 Å². The fourth-order valence-corrected chi connectivity index (χ4v) is 9.46. The van der Waals surface area contributed by atoms with Gasteiger partial charge in [0.25, 0.3) is 5.08 Å². The zero-order chi connectivity index (χ0) is 60.4. The van der Waals surface area contributed by atoms with Crippen molar-refractivity contribution in [2.75, 3.05) is 52.4 Å². The highest BCUT2D eigenvalue weighted by molar-refractivity contribution is 7.72. The van der Waals surface area contributed by atoms with E-state index in [1.54, 1.807) is 12.4 Å². The minimum atomic E-state index is -5.75. The maximum absolute atomic E-state index is 13.8. The number of primary amides is 1. The Labute approximate surface area is 464 Å². The number of carboxylic acids is 1. The van der Waals surface area contributed by atoms with Gasteiger partial charge in [-0.15, -0.1) is 0 Å². The average molecular weight is 1190 g/mol. The van der Waals surface area contributed by atoms with Crippen molar-refractivity contribution in [3.05, 3.63) is 36.4 Å². The number of H-pyrrole nitrogens is 2. The van der Waals surface area contributed by atoms with Crippen LogP contribution in [0.2, 0.25) is 0 Å². The molecular weight excluding hydrogens is 1120 g/mol. The molecule has 0 bridgehead atoms. The predicted octanol–water partition coefficient (Wildman–Crippen LogP) is -5.31.